The molecule has 0 atom stereocenters. The number of unbranched alkanes of at least 4 members (excludes halogenated alkanes) is 1. The number of ether oxygens (including phenoxy) is 2. The van der Waals surface area contributed by atoms with Crippen molar-refractivity contribution in [3.8, 4) is 0 Å². The molecule has 0 aliphatic carbocycles. The molecule has 1 fully saturated rings. The number of nitrogens with zero attached hydrogens (tertiary/aromatic N) is 3. The summed E-state index contributed by atoms with van der Waals surface area (Å²) in [5, 5.41) is 0. The predicted octanol–water partition coefficient (Wildman–Crippen LogP) is 1.35. The summed E-state index contributed by atoms with van der Waals surface area (Å²) in [5.74, 6) is -0.0711. The minimum atomic E-state index is -0.506. The Labute approximate surface area is 166 Å². The molecule has 0 spiro atoms. The molecule has 0 unspecified atom stereocenters. The summed E-state index contributed by atoms with van der Waals surface area (Å²) < 4.78 is 9.92. The molecule has 8 heteroatoms. The minimum absolute atomic E-state index is 0.0106. The zero-order valence-corrected chi connectivity index (χ0v) is 16.4. The minimum Gasteiger partial charge on any atom is -0.468 e. The molecule has 0 aromatic heterocycles. The molecular formula is C20H29N3O5. The Morgan fingerprint density at radius 2 is 1.82 bits per heavy atom. The highest BCUT2D eigenvalue weighted by Crippen LogP contribution is 2.06. The fraction of sp³-hybridized carbons (Fsp3) is 0.550. The topological polar surface area (TPSA) is 79.4 Å². The second kappa shape index (κ2) is 12.0. The monoisotopic (exact) mass is 391 g/mol. The SMILES string of the molecule is CN(CC(=O)N1CCN(CCCCOC=O)CC1)C(=O)OCc1ccccc1. The summed E-state index contributed by atoms with van der Waals surface area (Å²) in [6.07, 6.45) is 1.29. The van der Waals surface area contributed by atoms with E-state index in [1.165, 1.54) is 4.90 Å². The van der Waals surface area contributed by atoms with Gasteiger partial charge in [0.15, 0.2) is 0 Å². The van der Waals surface area contributed by atoms with Crippen molar-refractivity contribution in [2.75, 3.05) is 52.9 Å². The van der Waals surface area contributed by atoms with E-state index in [-0.39, 0.29) is 19.1 Å². The van der Waals surface area contributed by atoms with Gasteiger partial charge < -0.3 is 19.3 Å². The first-order valence-corrected chi connectivity index (χ1v) is 9.57. The standard InChI is InChI=1S/C20H29N3O5/c1-21(20(26)28-16-18-7-3-2-4-8-18)15-19(25)23-12-10-22(11-13-23)9-5-6-14-27-17-24/h2-4,7-8,17H,5-6,9-16H2,1H3. The van der Waals surface area contributed by atoms with Crippen LogP contribution >= 0.6 is 0 Å². The fourth-order valence-electron chi connectivity index (χ4n) is 2.99. The lowest BCUT2D eigenvalue weighted by atomic mass is 10.2. The van der Waals surface area contributed by atoms with E-state index in [4.69, 9.17) is 4.74 Å². The molecule has 1 aliphatic heterocycles. The number of hydrogen-bond acceptors (Lipinski definition) is 6. The summed E-state index contributed by atoms with van der Waals surface area (Å²) in [6, 6.07) is 9.43. The molecule has 2 rings (SSSR count). The van der Waals surface area contributed by atoms with Gasteiger partial charge in [0.05, 0.1) is 6.61 Å². The molecule has 0 radical (unpaired) electrons. The summed E-state index contributed by atoms with van der Waals surface area (Å²) in [6.45, 7) is 4.97. The van der Waals surface area contributed by atoms with Gasteiger partial charge in [-0.2, -0.15) is 0 Å². The van der Waals surface area contributed by atoms with Crippen LogP contribution in [0, 0.1) is 0 Å². The summed E-state index contributed by atoms with van der Waals surface area (Å²) in [7, 11) is 1.57. The Kier molecular flexibility index (Phi) is 9.27. The number of piperazine rings is 1. The van der Waals surface area contributed by atoms with Crippen molar-refractivity contribution in [3.05, 3.63) is 35.9 Å². The van der Waals surface area contributed by atoms with E-state index in [0.717, 1.165) is 38.0 Å². The van der Waals surface area contributed by atoms with E-state index in [0.29, 0.717) is 26.2 Å². The highest BCUT2D eigenvalue weighted by atomic mass is 16.6. The van der Waals surface area contributed by atoms with Gasteiger partial charge in [0, 0.05) is 33.2 Å². The maximum atomic E-state index is 12.4. The van der Waals surface area contributed by atoms with E-state index < -0.39 is 6.09 Å². The van der Waals surface area contributed by atoms with Crippen molar-refractivity contribution >= 4 is 18.5 Å². The molecule has 154 valence electrons. The molecule has 1 saturated heterocycles. The lowest BCUT2D eigenvalue weighted by Crippen LogP contribution is -2.51. The molecule has 2 amide bonds. The molecule has 0 N–H and O–H groups in total. The van der Waals surface area contributed by atoms with E-state index >= 15 is 0 Å². The van der Waals surface area contributed by atoms with Crippen molar-refractivity contribution < 1.29 is 23.9 Å². The van der Waals surface area contributed by atoms with E-state index in [1.54, 1.807) is 11.9 Å². The Balaban J connectivity index is 1.63. The van der Waals surface area contributed by atoms with Crippen LogP contribution in [0.3, 0.4) is 0 Å². The predicted molar refractivity (Wildman–Crippen MR) is 104 cm³/mol. The Hall–Kier alpha value is -2.61. The van der Waals surface area contributed by atoms with Crippen molar-refractivity contribution in [1.29, 1.82) is 0 Å². The van der Waals surface area contributed by atoms with Crippen molar-refractivity contribution in [1.82, 2.24) is 14.7 Å². The van der Waals surface area contributed by atoms with Gasteiger partial charge in [-0.3, -0.25) is 14.5 Å². The fourth-order valence-corrected chi connectivity index (χ4v) is 2.99. The van der Waals surface area contributed by atoms with E-state index in [1.807, 2.05) is 30.3 Å². The summed E-state index contributed by atoms with van der Waals surface area (Å²) >= 11 is 0. The van der Waals surface area contributed by atoms with Crippen LogP contribution in [0.1, 0.15) is 18.4 Å². The maximum Gasteiger partial charge on any atom is 0.410 e. The average Bonchev–Trinajstić information content (AvgIpc) is 2.73. The van der Waals surface area contributed by atoms with Crippen LogP contribution in [0.2, 0.25) is 0 Å². The average molecular weight is 391 g/mol. The summed E-state index contributed by atoms with van der Waals surface area (Å²) in [4.78, 5) is 40.0. The first-order chi connectivity index (χ1) is 13.6. The molecule has 1 heterocycles. The number of amides is 2. The van der Waals surface area contributed by atoms with Gasteiger partial charge in [0.25, 0.3) is 6.47 Å². The maximum absolute atomic E-state index is 12.4. The van der Waals surface area contributed by atoms with Crippen molar-refractivity contribution in [3.63, 3.8) is 0 Å². The smallest absolute Gasteiger partial charge is 0.410 e. The van der Waals surface area contributed by atoms with E-state index in [2.05, 4.69) is 9.64 Å². The second-order valence-electron chi connectivity index (χ2n) is 6.79. The summed E-state index contributed by atoms with van der Waals surface area (Å²) in [5.41, 5.74) is 0.907. The molecular weight excluding hydrogens is 362 g/mol. The third-order valence-electron chi connectivity index (χ3n) is 4.67. The van der Waals surface area contributed by atoms with Crippen LogP contribution in [0.5, 0.6) is 0 Å². The van der Waals surface area contributed by atoms with Gasteiger partial charge in [-0.25, -0.2) is 4.79 Å². The molecule has 0 saturated carbocycles. The first-order valence-electron chi connectivity index (χ1n) is 9.57. The van der Waals surface area contributed by atoms with Gasteiger partial charge in [0.1, 0.15) is 13.2 Å². The highest BCUT2D eigenvalue weighted by Gasteiger charge is 2.23. The molecule has 8 nitrogen and oxygen atoms in total. The van der Waals surface area contributed by atoms with Gasteiger partial charge in [0.2, 0.25) is 5.91 Å². The number of carbonyl (C=O) groups excluding carboxylic acids is 3. The highest BCUT2D eigenvalue weighted by molar-refractivity contribution is 5.82. The third-order valence-corrected chi connectivity index (χ3v) is 4.67. The Morgan fingerprint density at radius 3 is 2.50 bits per heavy atom. The molecule has 1 aliphatic rings. The van der Waals surface area contributed by atoms with Gasteiger partial charge in [-0.15, -0.1) is 0 Å². The lowest BCUT2D eigenvalue weighted by molar-refractivity contribution is -0.133. The first kappa shape index (κ1) is 21.7. The van der Waals surface area contributed by atoms with Crippen molar-refractivity contribution in [2.45, 2.75) is 19.4 Å². The van der Waals surface area contributed by atoms with Crippen LogP contribution in [-0.4, -0.2) is 86.1 Å². The largest absolute Gasteiger partial charge is 0.468 e. The van der Waals surface area contributed by atoms with E-state index in [9.17, 15) is 14.4 Å². The second-order valence-corrected chi connectivity index (χ2v) is 6.79. The number of benzene rings is 1. The number of likely N-dealkylation sites (N-methyl/N-ethyl adjacent to an activating group) is 1. The van der Waals surface area contributed by atoms with Gasteiger partial charge >= 0.3 is 6.09 Å². The lowest BCUT2D eigenvalue weighted by Gasteiger charge is -2.35. The normalized spacial score (nSPS) is 14.4. The Morgan fingerprint density at radius 1 is 1.11 bits per heavy atom. The quantitative estimate of drug-likeness (QED) is 0.443. The van der Waals surface area contributed by atoms with Crippen LogP contribution < -0.4 is 0 Å². The number of rotatable bonds is 10. The molecule has 0 bridgehead atoms. The number of carbonyl (C=O) groups is 3. The van der Waals surface area contributed by atoms with Crippen LogP contribution in [0.15, 0.2) is 30.3 Å². The van der Waals surface area contributed by atoms with Crippen LogP contribution in [-0.2, 0) is 25.7 Å². The zero-order chi connectivity index (χ0) is 20.2. The zero-order valence-electron chi connectivity index (χ0n) is 16.4. The third kappa shape index (κ3) is 7.56. The number of hydrogen-bond donors (Lipinski definition) is 0. The van der Waals surface area contributed by atoms with Gasteiger partial charge in [-0.05, 0) is 24.9 Å². The molecule has 1 aromatic carbocycles. The van der Waals surface area contributed by atoms with Crippen LogP contribution in [0.25, 0.3) is 0 Å². The van der Waals surface area contributed by atoms with Gasteiger partial charge in [-0.1, -0.05) is 30.3 Å². The van der Waals surface area contributed by atoms with Crippen LogP contribution in [0.4, 0.5) is 4.79 Å². The Bertz CT molecular complexity index is 618. The molecule has 1 aromatic rings. The van der Waals surface area contributed by atoms with Crippen molar-refractivity contribution in [2.24, 2.45) is 0 Å². The molecule has 28 heavy (non-hydrogen) atoms.